The van der Waals surface area contributed by atoms with E-state index in [2.05, 4.69) is 9.71 Å². The molecule has 2 aliphatic carbocycles. The Kier molecular flexibility index (Phi) is 4.69. The molecule has 128 valence electrons. The Balaban J connectivity index is 1.61. The molecule has 7 heteroatoms. The molecule has 0 spiro atoms. The van der Waals surface area contributed by atoms with Crippen LogP contribution in [0.4, 0.5) is 8.78 Å². The highest BCUT2D eigenvalue weighted by Crippen LogP contribution is 2.40. The van der Waals surface area contributed by atoms with Gasteiger partial charge in [0.1, 0.15) is 0 Å². The first-order valence-electron chi connectivity index (χ1n) is 8.18. The molecule has 1 heterocycles. The maximum atomic E-state index is 13.6. The Hall–Kier alpha value is -1.08. The lowest BCUT2D eigenvalue weighted by Gasteiger charge is -2.19. The number of hydrogen-bond acceptors (Lipinski definition) is 3. The number of alkyl halides is 2. The van der Waals surface area contributed by atoms with E-state index in [0.717, 1.165) is 31.4 Å². The molecule has 3 rings (SSSR count). The Bertz CT molecular complexity index is 677. The zero-order valence-corrected chi connectivity index (χ0v) is 13.8. The fourth-order valence-electron chi connectivity index (χ4n) is 3.44. The Morgan fingerprint density at radius 3 is 2.74 bits per heavy atom. The molecule has 23 heavy (non-hydrogen) atoms. The van der Waals surface area contributed by atoms with Crippen LogP contribution in [0, 0.1) is 5.92 Å². The summed E-state index contributed by atoms with van der Waals surface area (Å²) in [7, 11) is -3.73. The van der Waals surface area contributed by atoms with Crippen LogP contribution in [0.3, 0.4) is 0 Å². The Morgan fingerprint density at radius 2 is 2.00 bits per heavy atom. The summed E-state index contributed by atoms with van der Waals surface area (Å²) in [5.41, 5.74) is 2.91. The number of nitrogens with one attached hydrogen (secondary N) is 1. The van der Waals surface area contributed by atoms with Gasteiger partial charge in [-0.25, -0.2) is 21.9 Å². The van der Waals surface area contributed by atoms with E-state index in [1.54, 1.807) is 0 Å². The number of rotatable bonds is 5. The van der Waals surface area contributed by atoms with Gasteiger partial charge in [0, 0.05) is 18.0 Å². The van der Waals surface area contributed by atoms with Gasteiger partial charge in [0.05, 0.1) is 18.0 Å². The summed E-state index contributed by atoms with van der Waals surface area (Å²) in [6.07, 6.45) is 4.65. The van der Waals surface area contributed by atoms with Crippen molar-refractivity contribution in [3.63, 3.8) is 0 Å². The molecule has 1 fully saturated rings. The second-order valence-corrected chi connectivity index (χ2v) is 8.42. The predicted octanol–water partition coefficient (Wildman–Crippen LogP) is 2.82. The maximum Gasteiger partial charge on any atom is 0.251 e. The summed E-state index contributed by atoms with van der Waals surface area (Å²) < 4.78 is 53.7. The monoisotopic (exact) mass is 344 g/mol. The minimum atomic E-state index is -3.73. The van der Waals surface area contributed by atoms with Gasteiger partial charge in [-0.3, -0.25) is 4.98 Å². The SMILES string of the molecule is O=S(=O)(CC1CCCC1(F)F)NCc1ccc2c(n1)CCCC2. The van der Waals surface area contributed by atoms with Crippen molar-refractivity contribution < 1.29 is 17.2 Å². The highest BCUT2D eigenvalue weighted by molar-refractivity contribution is 7.89. The van der Waals surface area contributed by atoms with E-state index in [4.69, 9.17) is 0 Å². The van der Waals surface area contributed by atoms with Crippen molar-refractivity contribution in [2.75, 3.05) is 5.75 Å². The van der Waals surface area contributed by atoms with Crippen LogP contribution < -0.4 is 4.72 Å². The second kappa shape index (κ2) is 6.43. The van der Waals surface area contributed by atoms with Crippen LogP contribution in [-0.4, -0.2) is 25.1 Å². The molecule has 0 radical (unpaired) electrons. The van der Waals surface area contributed by atoms with Crippen molar-refractivity contribution in [3.8, 4) is 0 Å². The number of nitrogens with zero attached hydrogens (tertiary/aromatic N) is 1. The molecule has 1 N–H and O–H groups in total. The van der Waals surface area contributed by atoms with Gasteiger partial charge >= 0.3 is 0 Å². The zero-order chi connectivity index (χ0) is 16.5. The third-order valence-electron chi connectivity index (χ3n) is 4.79. The lowest BCUT2D eigenvalue weighted by molar-refractivity contribution is -0.0288. The quantitative estimate of drug-likeness (QED) is 0.893. The van der Waals surface area contributed by atoms with Crippen molar-refractivity contribution >= 4 is 10.0 Å². The average molecular weight is 344 g/mol. The van der Waals surface area contributed by atoms with Gasteiger partial charge in [0.25, 0.3) is 5.92 Å². The van der Waals surface area contributed by atoms with Crippen LogP contribution in [0.15, 0.2) is 12.1 Å². The van der Waals surface area contributed by atoms with Gasteiger partial charge in [-0.1, -0.05) is 6.07 Å². The summed E-state index contributed by atoms with van der Waals surface area (Å²) in [4.78, 5) is 4.50. The van der Waals surface area contributed by atoms with E-state index in [9.17, 15) is 17.2 Å². The van der Waals surface area contributed by atoms with E-state index < -0.39 is 27.6 Å². The molecule has 0 aliphatic heterocycles. The number of pyridine rings is 1. The number of aromatic nitrogens is 1. The first kappa shape index (κ1) is 16.8. The van der Waals surface area contributed by atoms with E-state index in [-0.39, 0.29) is 19.4 Å². The first-order valence-corrected chi connectivity index (χ1v) is 9.84. The summed E-state index contributed by atoms with van der Waals surface area (Å²) in [5, 5.41) is 0. The van der Waals surface area contributed by atoms with Crippen molar-refractivity contribution in [2.45, 2.75) is 57.4 Å². The molecule has 1 aromatic heterocycles. The second-order valence-electron chi connectivity index (χ2n) is 6.57. The summed E-state index contributed by atoms with van der Waals surface area (Å²) in [6, 6.07) is 3.81. The smallest absolute Gasteiger partial charge is 0.251 e. The minimum absolute atomic E-state index is 0.0634. The number of aryl methyl sites for hydroxylation is 2. The van der Waals surface area contributed by atoms with Gasteiger partial charge in [0.15, 0.2) is 0 Å². The first-order chi connectivity index (χ1) is 10.9. The van der Waals surface area contributed by atoms with Gasteiger partial charge in [-0.15, -0.1) is 0 Å². The molecule has 4 nitrogen and oxygen atoms in total. The topological polar surface area (TPSA) is 59.1 Å². The van der Waals surface area contributed by atoms with Crippen LogP contribution in [0.1, 0.15) is 49.1 Å². The van der Waals surface area contributed by atoms with Crippen LogP contribution >= 0.6 is 0 Å². The lowest BCUT2D eigenvalue weighted by Crippen LogP contribution is -2.35. The van der Waals surface area contributed by atoms with Crippen molar-refractivity contribution in [1.82, 2.24) is 9.71 Å². The molecular formula is C16H22F2N2O2S. The number of sulfonamides is 1. The normalized spacial score (nSPS) is 23.7. The molecule has 1 aromatic rings. The van der Waals surface area contributed by atoms with Crippen LogP contribution in [0.5, 0.6) is 0 Å². The standard InChI is InChI=1S/C16H22F2N2O2S/c17-16(18)9-3-5-13(16)11-23(21,22)19-10-14-8-7-12-4-1-2-6-15(12)20-14/h7-8,13,19H,1-6,9-11H2. The predicted molar refractivity (Wildman–Crippen MR) is 83.8 cm³/mol. The highest BCUT2D eigenvalue weighted by Gasteiger charge is 2.45. The minimum Gasteiger partial charge on any atom is -0.256 e. The number of halogens is 2. The lowest BCUT2D eigenvalue weighted by atomic mass is 9.96. The fraction of sp³-hybridized carbons (Fsp3) is 0.688. The Labute approximate surface area is 135 Å². The van der Waals surface area contributed by atoms with Gasteiger partial charge in [-0.2, -0.15) is 0 Å². The van der Waals surface area contributed by atoms with Crippen LogP contribution in [0.2, 0.25) is 0 Å². The van der Waals surface area contributed by atoms with Crippen LogP contribution in [0.25, 0.3) is 0 Å². The molecular weight excluding hydrogens is 322 g/mol. The average Bonchev–Trinajstić information content (AvgIpc) is 2.83. The third kappa shape index (κ3) is 4.07. The highest BCUT2D eigenvalue weighted by atomic mass is 32.2. The molecule has 0 amide bonds. The van der Waals surface area contributed by atoms with Crippen molar-refractivity contribution in [1.29, 1.82) is 0 Å². The molecule has 1 unspecified atom stereocenters. The molecule has 1 saturated carbocycles. The van der Waals surface area contributed by atoms with Crippen molar-refractivity contribution in [2.24, 2.45) is 5.92 Å². The maximum absolute atomic E-state index is 13.6. The largest absolute Gasteiger partial charge is 0.256 e. The van der Waals surface area contributed by atoms with E-state index >= 15 is 0 Å². The summed E-state index contributed by atoms with van der Waals surface area (Å²) >= 11 is 0. The number of hydrogen-bond donors (Lipinski definition) is 1. The van der Waals surface area contributed by atoms with E-state index in [1.807, 2.05) is 12.1 Å². The molecule has 0 bridgehead atoms. The van der Waals surface area contributed by atoms with Crippen molar-refractivity contribution in [3.05, 3.63) is 29.1 Å². The summed E-state index contributed by atoms with van der Waals surface area (Å²) in [5.74, 6) is -4.44. The zero-order valence-electron chi connectivity index (χ0n) is 13.0. The van der Waals surface area contributed by atoms with Crippen LogP contribution in [-0.2, 0) is 29.4 Å². The van der Waals surface area contributed by atoms with Gasteiger partial charge < -0.3 is 0 Å². The number of fused-ring (bicyclic) bond motifs is 1. The molecule has 0 saturated heterocycles. The Morgan fingerprint density at radius 1 is 1.22 bits per heavy atom. The molecule has 1 atom stereocenters. The third-order valence-corrected chi connectivity index (χ3v) is 6.21. The van der Waals surface area contributed by atoms with E-state index in [0.29, 0.717) is 12.1 Å². The molecule has 0 aromatic carbocycles. The van der Waals surface area contributed by atoms with Gasteiger partial charge in [-0.05, 0) is 50.2 Å². The summed E-state index contributed by atoms with van der Waals surface area (Å²) in [6.45, 7) is 0.0634. The fourth-order valence-corrected chi connectivity index (χ4v) is 4.86. The molecule has 2 aliphatic rings. The van der Waals surface area contributed by atoms with Gasteiger partial charge in [0.2, 0.25) is 10.0 Å². The van der Waals surface area contributed by atoms with E-state index in [1.165, 1.54) is 5.56 Å².